The van der Waals surface area contributed by atoms with Gasteiger partial charge in [0, 0.05) is 5.38 Å². The molecule has 0 aliphatic heterocycles. The Morgan fingerprint density at radius 2 is 1.47 bits per heavy atom. The number of benzene rings is 3. The van der Waals surface area contributed by atoms with Crippen molar-refractivity contribution in [2.75, 3.05) is 11.9 Å². The standard InChI is InChI=1S/C27H23N3O3S/c1-2-18-33-25(31)24(30-32)23-19-34-26(28-23)29-27(20-12-6-3-7-13-20,21-14-8-4-9-15-21)22-16-10-5-11-17-22/h2-17,19,24H,1,18H2,(H,28,29). The van der Waals surface area contributed by atoms with E-state index in [9.17, 15) is 9.70 Å². The lowest BCUT2D eigenvalue weighted by Crippen LogP contribution is -2.38. The molecule has 1 N–H and O–H groups in total. The van der Waals surface area contributed by atoms with E-state index in [-0.39, 0.29) is 12.3 Å². The van der Waals surface area contributed by atoms with Gasteiger partial charge in [0.1, 0.15) is 12.1 Å². The Labute approximate surface area is 201 Å². The maximum atomic E-state index is 12.3. The summed E-state index contributed by atoms with van der Waals surface area (Å²) in [4.78, 5) is 28.3. The van der Waals surface area contributed by atoms with Gasteiger partial charge in [-0.05, 0) is 21.9 Å². The molecule has 0 amide bonds. The molecule has 1 unspecified atom stereocenters. The monoisotopic (exact) mass is 469 g/mol. The number of nitrogens with zero attached hydrogens (tertiary/aromatic N) is 2. The predicted molar refractivity (Wildman–Crippen MR) is 135 cm³/mol. The van der Waals surface area contributed by atoms with Crippen molar-refractivity contribution in [3.63, 3.8) is 0 Å². The van der Waals surface area contributed by atoms with Crippen molar-refractivity contribution in [1.29, 1.82) is 0 Å². The number of nitrogens with one attached hydrogen (secondary N) is 1. The highest BCUT2D eigenvalue weighted by molar-refractivity contribution is 7.13. The minimum atomic E-state index is -1.34. The van der Waals surface area contributed by atoms with E-state index in [1.54, 1.807) is 5.38 Å². The number of nitroso groups, excluding NO2 is 1. The van der Waals surface area contributed by atoms with Gasteiger partial charge in [-0.1, -0.05) is 104 Å². The van der Waals surface area contributed by atoms with E-state index in [1.807, 2.05) is 54.6 Å². The number of carbonyl (C=O) groups excluding carboxylic acids is 1. The number of ether oxygens (including phenoxy) is 1. The van der Waals surface area contributed by atoms with Gasteiger partial charge in [-0.2, -0.15) is 0 Å². The van der Waals surface area contributed by atoms with E-state index in [0.29, 0.717) is 5.13 Å². The Kier molecular flexibility index (Phi) is 7.25. The summed E-state index contributed by atoms with van der Waals surface area (Å²) in [7, 11) is 0. The van der Waals surface area contributed by atoms with Crippen LogP contribution in [0.3, 0.4) is 0 Å². The number of thiazole rings is 1. The number of hydrogen-bond acceptors (Lipinski definition) is 7. The molecule has 1 atom stereocenters. The average molecular weight is 470 g/mol. The minimum Gasteiger partial charge on any atom is -0.459 e. The fourth-order valence-electron chi connectivity index (χ4n) is 3.85. The summed E-state index contributed by atoms with van der Waals surface area (Å²) in [6, 6.07) is 28.9. The van der Waals surface area contributed by atoms with Crippen molar-refractivity contribution >= 4 is 22.4 Å². The van der Waals surface area contributed by atoms with E-state index in [4.69, 9.17) is 4.74 Å². The Morgan fingerprint density at radius 1 is 0.971 bits per heavy atom. The molecule has 1 aromatic heterocycles. The van der Waals surface area contributed by atoms with Crippen LogP contribution in [0.25, 0.3) is 0 Å². The van der Waals surface area contributed by atoms with E-state index < -0.39 is 17.6 Å². The lowest BCUT2D eigenvalue weighted by atomic mass is 9.77. The van der Waals surface area contributed by atoms with Crippen molar-refractivity contribution in [1.82, 2.24) is 4.98 Å². The normalized spacial score (nSPS) is 11.9. The van der Waals surface area contributed by atoms with Crippen LogP contribution < -0.4 is 5.32 Å². The molecule has 3 aromatic carbocycles. The van der Waals surface area contributed by atoms with Crippen molar-refractivity contribution in [2.24, 2.45) is 5.18 Å². The first kappa shape index (κ1) is 23.1. The zero-order valence-electron chi connectivity index (χ0n) is 18.3. The first-order valence-corrected chi connectivity index (χ1v) is 11.6. The van der Waals surface area contributed by atoms with Crippen LogP contribution in [0.5, 0.6) is 0 Å². The molecule has 170 valence electrons. The van der Waals surface area contributed by atoms with Gasteiger partial charge in [-0.15, -0.1) is 16.2 Å². The van der Waals surface area contributed by atoms with Gasteiger partial charge in [-0.3, -0.25) is 0 Å². The number of esters is 1. The third-order valence-electron chi connectivity index (χ3n) is 5.39. The fraction of sp³-hybridized carbons (Fsp3) is 0.111. The highest BCUT2D eigenvalue weighted by atomic mass is 32.1. The second-order valence-electron chi connectivity index (χ2n) is 7.48. The number of aromatic nitrogens is 1. The van der Waals surface area contributed by atoms with Crippen LogP contribution in [-0.4, -0.2) is 17.6 Å². The first-order valence-electron chi connectivity index (χ1n) is 10.7. The molecule has 4 aromatic rings. The van der Waals surface area contributed by atoms with Gasteiger partial charge in [0.2, 0.25) is 6.04 Å². The fourth-order valence-corrected chi connectivity index (χ4v) is 4.63. The predicted octanol–water partition coefficient (Wildman–Crippen LogP) is 6.08. The third kappa shape index (κ3) is 4.65. The summed E-state index contributed by atoms with van der Waals surface area (Å²) >= 11 is 1.30. The highest BCUT2D eigenvalue weighted by Gasteiger charge is 2.37. The summed E-state index contributed by atoms with van der Waals surface area (Å²) in [6.45, 7) is 3.51. The molecule has 0 aliphatic rings. The molecule has 0 fully saturated rings. The Morgan fingerprint density at radius 3 is 1.91 bits per heavy atom. The second kappa shape index (κ2) is 10.7. The van der Waals surface area contributed by atoms with E-state index in [0.717, 1.165) is 16.7 Å². The lowest BCUT2D eigenvalue weighted by Gasteiger charge is -2.36. The average Bonchev–Trinajstić information content (AvgIpc) is 3.36. The van der Waals surface area contributed by atoms with Crippen molar-refractivity contribution in [3.05, 3.63) is 136 Å². The molecule has 1 heterocycles. The number of rotatable bonds is 10. The van der Waals surface area contributed by atoms with E-state index in [1.165, 1.54) is 17.4 Å². The number of carbonyl (C=O) groups is 1. The quantitative estimate of drug-likeness (QED) is 0.132. The largest absolute Gasteiger partial charge is 0.459 e. The topological polar surface area (TPSA) is 80.6 Å². The van der Waals surface area contributed by atoms with Crippen LogP contribution in [0.2, 0.25) is 0 Å². The molecular formula is C27H23N3O3S. The molecule has 4 rings (SSSR count). The van der Waals surface area contributed by atoms with Crippen molar-refractivity contribution in [3.8, 4) is 0 Å². The molecule has 0 bridgehead atoms. The summed E-state index contributed by atoms with van der Waals surface area (Å²) in [5.41, 5.74) is 2.50. The molecule has 6 nitrogen and oxygen atoms in total. The summed E-state index contributed by atoms with van der Waals surface area (Å²) in [6.07, 6.45) is 1.43. The van der Waals surface area contributed by atoms with Crippen LogP contribution in [0.4, 0.5) is 5.13 Å². The van der Waals surface area contributed by atoms with Crippen molar-refractivity contribution in [2.45, 2.75) is 11.6 Å². The lowest BCUT2D eigenvalue weighted by molar-refractivity contribution is -0.144. The van der Waals surface area contributed by atoms with E-state index >= 15 is 0 Å². The molecule has 0 saturated carbocycles. The molecule has 0 aliphatic carbocycles. The van der Waals surface area contributed by atoms with Gasteiger partial charge in [0.15, 0.2) is 5.13 Å². The molecule has 0 saturated heterocycles. The Bertz CT molecular complexity index is 1150. The number of hydrogen-bond donors (Lipinski definition) is 1. The zero-order valence-corrected chi connectivity index (χ0v) is 19.2. The minimum absolute atomic E-state index is 0.000764. The van der Waals surface area contributed by atoms with Gasteiger partial charge < -0.3 is 10.1 Å². The van der Waals surface area contributed by atoms with Crippen LogP contribution >= 0.6 is 11.3 Å². The van der Waals surface area contributed by atoms with Crippen LogP contribution in [0.1, 0.15) is 28.4 Å². The van der Waals surface area contributed by atoms with Gasteiger partial charge in [0.25, 0.3) is 0 Å². The molecule has 34 heavy (non-hydrogen) atoms. The number of anilines is 1. The van der Waals surface area contributed by atoms with Crippen LogP contribution in [-0.2, 0) is 15.1 Å². The van der Waals surface area contributed by atoms with Gasteiger partial charge >= 0.3 is 5.97 Å². The molecule has 0 spiro atoms. The molecule has 7 heteroatoms. The smallest absolute Gasteiger partial charge is 0.341 e. The molecule has 0 radical (unpaired) electrons. The first-order chi connectivity index (χ1) is 16.7. The highest BCUT2D eigenvalue weighted by Crippen LogP contribution is 2.41. The van der Waals surface area contributed by atoms with E-state index in [2.05, 4.69) is 58.5 Å². The Hall–Kier alpha value is -4.10. The van der Waals surface area contributed by atoms with Gasteiger partial charge in [0.05, 0.1) is 5.69 Å². The molecular weight excluding hydrogens is 446 g/mol. The SMILES string of the molecule is C=CCOC(=O)C(N=O)c1csc(NC(c2ccccc2)(c2ccccc2)c2ccccc2)n1. The maximum Gasteiger partial charge on any atom is 0.341 e. The zero-order chi connectivity index (χ0) is 23.8. The van der Waals surface area contributed by atoms with Crippen molar-refractivity contribution < 1.29 is 9.53 Å². The summed E-state index contributed by atoms with van der Waals surface area (Å²) < 4.78 is 5.01. The summed E-state index contributed by atoms with van der Waals surface area (Å²) in [5, 5.41) is 8.76. The second-order valence-corrected chi connectivity index (χ2v) is 8.34. The third-order valence-corrected chi connectivity index (χ3v) is 6.17. The summed E-state index contributed by atoms with van der Waals surface area (Å²) in [5.74, 6) is -0.757. The Balaban J connectivity index is 1.81. The van der Waals surface area contributed by atoms with Crippen LogP contribution in [0, 0.1) is 4.91 Å². The van der Waals surface area contributed by atoms with Gasteiger partial charge in [-0.25, -0.2) is 9.78 Å². The maximum absolute atomic E-state index is 12.3. The van der Waals surface area contributed by atoms with Crippen LogP contribution in [0.15, 0.2) is 114 Å².